The van der Waals surface area contributed by atoms with Crippen molar-refractivity contribution in [2.24, 2.45) is 0 Å². The minimum atomic E-state index is -3.82. The van der Waals surface area contributed by atoms with Crippen LogP contribution in [0.15, 0.2) is 47.4 Å². The van der Waals surface area contributed by atoms with E-state index in [1.54, 1.807) is 6.92 Å². The summed E-state index contributed by atoms with van der Waals surface area (Å²) in [6.07, 6.45) is 5.48. The van der Waals surface area contributed by atoms with E-state index in [4.69, 9.17) is 4.74 Å². The van der Waals surface area contributed by atoms with Crippen molar-refractivity contribution in [1.82, 2.24) is 5.32 Å². The Morgan fingerprint density at radius 1 is 1.10 bits per heavy atom. The van der Waals surface area contributed by atoms with Crippen LogP contribution in [0.1, 0.15) is 37.7 Å². The van der Waals surface area contributed by atoms with E-state index in [2.05, 4.69) is 10.0 Å². The predicted molar refractivity (Wildman–Crippen MR) is 109 cm³/mol. The molecule has 0 heterocycles. The zero-order valence-electron chi connectivity index (χ0n) is 16.3. The molecule has 0 atom stereocenters. The summed E-state index contributed by atoms with van der Waals surface area (Å²) in [5.41, 5.74) is 0.862. The van der Waals surface area contributed by atoms with Crippen molar-refractivity contribution in [3.05, 3.63) is 53.8 Å². The van der Waals surface area contributed by atoms with Gasteiger partial charge in [-0.3, -0.25) is 9.52 Å². The molecule has 0 saturated heterocycles. The van der Waals surface area contributed by atoms with Gasteiger partial charge in [0.15, 0.2) is 6.61 Å². The lowest BCUT2D eigenvalue weighted by molar-refractivity contribution is -0.124. The lowest BCUT2D eigenvalue weighted by Gasteiger charge is -2.22. The van der Waals surface area contributed by atoms with Gasteiger partial charge in [0.05, 0.1) is 4.90 Å². The van der Waals surface area contributed by atoms with Crippen LogP contribution in [0.25, 0.3) is 0 Å². The summed E-state index contributed by atoms with van der Waals surface area (Å²) < 4.78 is 46.0. The topological polar surface area (TPSA) is 84.5 Å². The first kappa shape index (κ1) is 21.1. The Hall–Kier alpha value is -2.61. The van der Waals surface area contributed by atoms with Crippen molar-refractivity contribution in [1.29, 1.82) is 0 Å². The minimum absolute atomic E-state index is 0.0540. The van der Waals surface area contributed by atoms with Gasteiger partial charge in [-0.1, -0.05) is 19.3 Å². The van der Waals surface area contributed by atoms with E-state index in [-0.39, 0.29) is 29.1 Å². The number of halogens is 1. The number of aryl methyl sites for hydroxylation is 1. The van der Waals surface area contributed by atoms with Crippen molar-refractivity contribution in [2.45, 2.75) is 50.0 Å². The van der Waals surface area contributed by atoms with Gasteiger partial charge in [-0.15, -0.1) is 0 Å². The molecule has 156 valence electrons. The van der Waals surface area contributed by atoms with E-state index in [1.165, 1.54) is 48.9 Å². The molecular weight excluding hydrogens is 395 g/mol. The standard InChI is InChI=1S/C21H25FN2O4S/c1-15-13-19(29(26,27)24-18-9-7-16(22)8-10-18)11-12-20(15)28-14-21(25)23-17-5-3-2-4-6-17/h7-13,17,24H,2-6,14H2,1H3,(H,23,25). The van der Waals surface area contributed by atoms with Gasteiger partial charge in [-0.25, -0.2) is 12.8 Å². The van der Waals surface area contributed by atoms with Gasteiger partial charge >= 0.3 is 0 Å². The third-order valence-electron chi connectivity index (χ3n) is 4.88. The summed E-state index contributed by atoms with van der Waals surface area (Å²) in [6, 6.07) is 9.68. The third kappa shape index (κ3) is 5.93. The second-order valence-corrected chi connectivity index (χ2v) is 8.91. The average molecular weight is 421 g/mol. The Labute approximate surface area is 170 Å². The van der Waals surface area contributed by atoms with Crippen molar-refractivity contribution in [3.8, 4) is 5.75 Å². The van der Waals surface area contributed by atoms with Crippen LogP contribution in [-0.2, 0) is 14.8 Å². The van der Waals surface area contributed by atoms with Crippen LogP contribution in [-0.4, -0.2) is 27.0 Å². The molecule has 1 saturated carbocycles. The van der Waals surface area contributed by atoms with Crippen molar-refractivity contribution in [3.63, 3.8) is 0 Å². The Bertz CT molecular complexity index is 955. The predicted octanol–water partition coefficient (Wildman–Crippen LogP) is 3.76. The molecule has 0 aliphatic heterocycles. The number of nitrogens with one attached hydrogen (secondary N) is 2. The molecule has 1 fully saturated rings. The second-order valence-electron chi connectivity index (χ2n) is 7.23. The molecule has 1 aliphatic carbocycles. The SMILES string of the molecule is Cc1cc(S(=O)(=O)Nc2ccc(F)cc2)ccc1OCC(=O)NC1CCCCC1. The highest BCUT2D eigenvalue weighted by Crippen LogP contribution is 2.24. The van der Waals surface area contributed by atoms with Gasteiger partial charge in [0.1, 0.15) is 11.6 Å². The minimum Gasteiger partial charge on any atom is -0.484 e. The Balaban J connectivity index is 1.60. The average Bonchev–Trinajstić information content (AvgIpc) is 2.69. The molecule has 0 bridgehead atoms. The highest BCUT2D eigenvalue weighted by atomic mass is 32.2. The van der Waals surface area contributed by atoms with Crippen LogP contribution in [0, 0.1) is 12.7 Å². The van der Waals surface area contributed by atoms with Crippen LogP contribution in [0.4, 0.5) is 10.1 Å². The van der Waals surface area contributed by atoms with E-state index in [1.807, 2.05) is 0 Å². The number of amides is 1. The molecule has 1 aliphatic rings. The fourth-order valence-corrected chi connectivity index (χ4v) is 4.49. The first-order valence-electron chi connectivity index (χ1n) is 9.65. The van der Waals surface area contributed by atoms with Gasteiger partial charge in [-0.2, -0.15) is 0 Å². The fourth-order valence-electron chi connectivity index (χ4n) is 3.34. The maximum absolute atomic E-state index is 13.0. The Kier molecular flexibility index (Phi) is 6.74. The molecule has 0 unspecified atom stereocenters. The molecule has 2 aromatic rings. The van der Waals surface area contributed by atoms with Crippen LogP contribution >= 0.6 is 0 Å². The van der Waals surface area contributed by atoms with Crippen LogP contribution in [0.2, 0.25) is 0 Å². The first-order valence-corrected chi connectivity index (χ1v) is 11.1. The highest BCUT2D eigenvalue weighted by Gasteiger charge is 2.18. The number of hydrogen-bond acceptors (Lipinski definition) is 4. The highest BCUT2D eigenvalue weighted by molar-refractivity contribution is 7.92. The normalized spacial score (nSPS) is 15.0. The molecule has 8 heteroatoms. The smallest absolute Gasteiger partial charge is 0.261 e. The van der Waals surface area contributed by atoms with E-state index >= 15 is 0 Å². The summed E-state index contributed by atoms with van der Waals surface area (Å²) in [4.78, 5) is 12.1. The number of anilines is 1. The monoisotopic (exact) mass is 420 g/mol. The number of rotatable bonds is 7. The molecule has 0 radical (unpaired) electrons. The molecule has 0 aromatic heterocycles. The van der Waals surface area contributed by atoms with E-state index in [0.29, 0.717) is 11.3 Å². The molecule has 6 nitrogen and oxygen atoms in total. The molecule has 29 heavy (non-hydrogen) atoms. The third-order valence-corrected chi connectivity index (χ3v) is 6.26. The van der Waals surface area contributed by atoms with Gasteiger partial charge in [0.25, 0.3) is 15.9 Å². The Morgan fingerprint density at radius 2 is 1.79 bits per heavy atom. The zero-order chi connectivity index (χ0) is 20.9. The second kappa shape index (κ2) is 9.26. The van der Waals surface area contributed by atoms with Crippen LogP contribution in [0.5, 0.6) is 5.75 Å². The molecule has 0 spiro atoms. The number of hydrogen-bond donors (Lipinski definition) is 2. The van der Waals surface area contributed by atoms with Gasteiger partial charge in [0.2, 0.25) is 0 Å². The molecule has 2 N–H and O–H groups in total. The van der Waals surface area contributed by atoms with Crippen molar-refractivity contribution in [2.75, 3.05) is 11.3 Å². The van der Waals surface area contributed by atoms with Gasteiger partial charge < -0.3 is 10.1 Å². The molecule has 1 amide bonds. The summed E-state index contributed by atoms with van der Waals surface area (Å²) in [5, 5.41) is 2.98. The first-order chi connectivity index (χ1) is 13.8. The largest absolute Gasteiger partial charge is 0.484 e. The number of benzene rings is 2. The maximum Gasteiger partial charge on any atom is 0.261 e. The molecule has 3 rings (SSSR count). The summed E-state index contributed by atoms with van der Waals surface area (Å²) >= 11 is 0. The van der Waals surface area contributed by atoms with E-state index in [9.17, 15) is 17.6 Å². The number of carbonyl (C=O) groups excluding carboxylic acids is 1. The Morgan fingerprint density at radius 3 is 2.45 bits per heavy atom. The van der Waals surface area contributed by atoms with Crippen LogP contribution in [0.3, 0.4) is 0 Å². The van der Waals surface area contributed by atoms with Crippen molar-refractivity contribution >= 4 is 21.6 Å². The lowest BCUT2D eigenvalue weighted by atomic mass is 9.95. The van der Waals surface area contributed by atoms with E-state index in [0.717, 1.165) is 25.7 Å². The van der Waals surface area contributed by atoms with E-state index < -0.39 is 15.8 Å². The quantitative estimate of drug-likeness (QED) is 0.714. The molecular formula is C21H25FN2O4S. The number of sulfonamides is 1. The van der Waals surface area contributed by atoms with Crippen LogP contribution < -0.4 is 14.8 Å². The summed E-state index contributed by atoms with van der Waals surface area (Å²) in [6.45, 7) is 1.60. The van der Waals surface area contributed by atoms with Gasteiger partial charge in [-0.05, 0) is 67.8 Å². The van der Waals surface area contributed by atoms with Gasteiger partial charge in [0, 0.05) is 11.7 Å². The number of ether oxygens (including phenoxy) is 1. The lowest BCUT2D eigenvalue weighted by Crippen LogP contribution is -2.39. The fraction of sp³-hybridized carbons (Fsp3) is 0.381. The maximum atomic E-state index is 13.0. The summed E-state index contributed by atoms with van der Waals surface area (Å²) in [7, 11) is -3.82. The number of carbonyl (C=O) groups is 1. The van der Waals surface area contributed by atoms with Crippen molar-refractivity contribution < 1.29 is 22.3 Å². The summed E-state index contributed by atoms with van der Waals surface area (Å²) in [5.74, 6) is -0.173. The zero-order valence-corrected chi connectivity index (χ0v) is 17.1. The molecule has 2 aromatic carbocycles.